The number of amidine groups is 1. The zero-order chi connectivity index (χ0) is 13.7. The second kappa shape index (κ2) is 6.42. The minimum absolute atomic E-state index is 0.194. The van der Waals surface area contributed by atoms with E-state index in [1.54, 1.807) is 7.05 Å². The Morgan fingerprint density at radius 3 is 2.22 bits per heavy atom. The van der Waals surface area contributed by atoms with Gasteiger partial charge in [0.05, 0.1) is 12.1 Å². The van der Waals surface area contributed by atoms with E-state index in [9.17, 15) is 8.78 Å². The fourth-order valence-electron chi connectivity index (χ4n) is 1.48. The first-order chi connectivity index (χ1) is 8.51. The van der Waals surface area contributed by atoms with Gasteiger partial charge in [0.15, 0.2) is 6.29 Å². The summed E-state index contributed by atoms with van der Waals surface area (Å²) in [7, 11) is 4.45. The zero-order valence-electron chi connectivity index (χ0n) is 10.5. The minimum Gasteiger partial charge on any atom is -0.354 e. The molecule has 0 fully saturated rings. The molecule has 0 amide bonds. The maximum Gasteiger partial charge on any atom is 0.174 e. The van der Waals surface area contributed by atoms with Gasteiger partial charge in [-0.1, -0.05) is 6.07 Å². The Morgan fingerprint density at radius 1 is 1.28 bits per heavy atom. The van der Waals surface area contributed by atoms with Crippen molar-refractivity contribution in [2.45, 2.75) is 6.29 Å². The van der Waals surface area contributed by atoms with Crippen LogP contribution in [0.5, 0.6) is 0 Å². The standard InChI is InChI=1S/C12H16F2N2O2/c1-16(7-10(17-2)18-3)12(15)11-8(13)5-4-6-9(11)14/h4-6,10,15H,7H2,1-3H3. The van der Waals surface area contributed by atoms with E-state index in [1.165, 1.54) is 25.2 Å². The van der Waals surface area contributed by atoms with Crippen molar-refractivity contribution in [3.05, 3.63) is 35.4 Å². The largest absolute Gasteiger partial charge is 0.354 e. The third-order valence-electron chi connectivity index (χ3n) is 2.53. The van der Waals surface area contributed by atoms with Crippen LogP contribution in [0.4, 0.5) is 8.78 Å². The van der Waals surface area contributed by atoms with Gasteiger partial charge in [-0.25, -0.2) is 8.78 Å². The number of hydrogen-bond donors (Lipinski definition) is 1. The van der Waals surface area contributed by atoms with Crippen molar-refractivity contribution in [1.82, 2.24) is 4.90 Å². The van der Waals surface area contributed by atoms with E-state index in [0.29, 0.717) is 0 Å². The van der Waals surface area contributed by atoms with Gasteiger partial charge < -0.3 is 14.4 Å². The number of ether oxygens (including phenoxy) is 2. The molecule has 0 aliphatic rings. The third-order valence-corrected chi connectivity index (χ3v) is 2.53. The Bertz CT molecular complexity index is 402. The molecule has 1 aromatic carbocycles. The number of rotatable bonds is 5. The Kier molecular flexibility index (Phi) is 5.18. The van der Waals surface area contributed by atoms with Gasteiger partial charge in [0, 0.05) is 21.3 Å². The van der Waals surface area contributed by atoms with E-state index >= 15 is 0 Å². The molecule has 0 atom stereocenters. The van der Waals surface area contributed by atoms with Gasteiger partial charge in [-0.2, -0.15) is 0 Å². The lowest BCUT2D eigenvalue weighted by molar-refractivity contribution is -0.107. The van der Waals surface area contributed by atoms with E-state index < -0.39 is 17.9 Å². The van der Waals surface area contributed by atoms with Crippen LogP contribution in [-0.2, 0) is 9.47 Å². The molecular weight excluding hydrogens is 242 g/mol. The van der Waals surface area contributed by atoms with E-state index in [2.05, 4.69) is 0 Å². The molecule has 4 nitrogen and oxygen atoms in total. The highest BCUT2D eigenvalue weighted by Crippen LogP contribution is 2.14. The lowest BCUT2D eigenvalue weighted by Gasteiger charge is -2.24. The van der Waals surface area contributed by atoms with Gasteiger partial charge in [-0.3, -0.25) is 5.41 Å². The molecule has 0 unspecified atom stereocenters. The molecule has 0 heterocycles. The van der Waals surface area contributed by atoms with Gasteiger partial charge in [0.1, 0.15) is 17.5 Å². The summed E-state index contributed by atoms with van der Waals surface area (Å²) in [6, 6.07) is 3.49. The predicted octanol–water partition coefficient (Wildman–Crippen LogP) is 1.84. The van der Waals surface area contributed by atoms with Crippen molar-refractivity contribution in [2.75, 3.05) is 27.8 Å². The van der Waals surface area contributed by atoms with Crippen LogP contribution < -0.4 is 0 Å². The Morgan fingerprint density at radius 2 is 1.78 bits per heavy atom. The van der Waals surface area contributed by atoms with Crippen LogP contribution in [-0.4, -0.2) is 44.8 Å². The van der Waals surface area contributed by atoms with Crippen LogP contribution in [0.1, 0.15) is 5.56 Å². The van der Waals surface area contributed by atoms with Crippen LogP contribution in [0.2, 0.25) is 0 Å². The molecule has 0 saturated heterocycles. The summed E-state index contributed by atoms with van der Waals surface area (Å²) in [4.78, 5) is 1.36. The van der Waals surface area contributed by atoms with Gasteiger partial charge >= 0.3 is 0 Å². The minimum atomic E-state index is -0.766. The highest BCUT2D eigenvalue weighted by molar-refractivity contribution is 5.96. The summed E-state index contributed by atoms with van der Waals surface area (Å²) in [6.07, 6.45) is -0.565. The maximum atomic E-state index is 13.5. The molecule has 1 N–H and O–H groups in total. The molecule has 0 aliphatic heterocycles. The van der Waals surface area contributed by atoms with Crippen molar-refractivity contribution in [1.29, 1.82) is 5.41 Å². The highest BCUT2D eigenvalue weighted by atomic mass is 19.1. The predicted molar refractivity (Wildman–Crippen MR) is 63.6 cm³/mol. The number of nitrogens with one attached hydrogen (secondary N) is 1. The Balaban J connectivity index is 2.87. The first-order valence-electron chi connectivity index (χ1n) is 5.31. The van der Waals surface area contributed by atoms with E-state index in [4.69, 9.17) is 14.9 Å². The highest BCUT2D eigenvalue weighted by Gasteiger charge is 2.19. The molecule has 0 aliphatic carbocycles. The van der Waals surface area contributed by atoms with Crippen LogP contribution in [0.3, 0.4) is 0 Å². The average Bonchev–Trinajstić information content (AvgIpc) is 2.35. The molecule has 100 valence electrons. The molecule has 6 heteroatoms. The van der Waals surface area contributed by atoms with Gasteiger partial charge in [-0.05, 0) is 12.1 Å². The van der Waals surface area contributed by atoms with Crippen LogP contribution >= 0.6 is 0 Å². The Hall–Kier alpha value is -1.53. The normalized spacial score (nSPS) is 10.8. The summed E-state index contributed by atoms with van der Waals surface area (Å²) in [5.74, 6) is -1.79. The van der Waals surface area contributed by atoms with Crippen molar-refractivity contribution in [2.24, 2.45) is 0 Å². The smallest absolute Gasteiger partial charge is 0.174 e. The van der Waals surface area contributed by atoms with Crippen molar-refractivity contribution < 1.29 is 18.3 Å². The van der Waals surface area contributed by atoms with E-state index in [1.807, 2.05) is 0 Å². The second-order valence-electron chi connectivity index (χ2n) is 3.73. The number of halogens is 2. The van der Waals surface area contributed by atoms with Crippen LogP contribution in [0.25, 0.3) is 0 Å². The fraction of sp³-hybridized carbons (Fsp3) is 0.417. The number of likely N-dealkylation sites (N-methyl/N-ethyl adjacent to an activating group) is 1. The summed E-state index contributed by atoms with van der Waals surface area (Å²) in [6.45, 7) is 0.194. The fourth-order valence-corrected chi connectivity index (χ4v) is 1.48. The molecule has 18 heavy (non-hydrogen) atoms. The van der Waals surface area contributed by atoms with Crippen molar-refractivity contribution in [3.63, 3.8) is 0 Å². The summed E-state index contributed by atoms with van der Waals surface area (Å²) < 4.78 is 36.9. The van der Waals surface area contributed by atoms with E-state index in [0.717, 1.165) is 12.1 Å². The van der Waals surface area contributed by atoms with Crippen molar-refractivity contribution in [3.8, 4) is 0 Å². The number of benzene rings is 1. The Labute approximate surface area is 105 Å². The van der Waals surface area contributed by atoms with Crippen molar-refractivity contribution >= 4 is 5.84 Å². The summed E-state index contributed by atoms with van der Waals surface area (Å²) in [5.41, 5.74) is -0.356. The quantitative estimate of drug-likeness (QED) is 0.498. The van der Waals surface area contributed by atoms with Crippen LogP contribution in [0, 0.1) is 17.0 Å². The topological polar surface area (TPSA) is 45.5 Å². The maximum absolute atomic E-state index is 13.5. The molecule has 1 aromatic rings. The third kappa shape index (κ3) is 3.24. The summed E-state index contributed by atoms with van der Waals surface area (Å²) in [5, 5.41) is 7.80. The van der Waals surface area contributed by atoms with Gasteiger partial charge in [0.2, 0.25) is 0 Å². The van der Waals surface area contributed by atoms with E-state index in [-0.39, 0.29) is 17.9 Å². The zero-order valence-corrected chi connectivity index (χ0v) is 10.5. The average molecular weight is 258 g/mol. The number of methoxy groups -OCH3 is 2. The summed E-state index contributed by atoms with van der Waals surface area (Å²) >= 11 is 0. The molecule has 0 bridgehead atoms. The SMILES string of the molecule is COC(CN(C)C(=N)c1c(F)cccc1F)OC. The number of nitrogens with zero attached hydrogens (tertiary/aromatic N) is 1. The van der Waals surface area contributed by atoms with Gasteiger partial charge in [0.25, 0.3) is 0 Å². The molecular formula is C12H16F2N2O2. The lowest BCUT2D eigenvalue weighted by atomic mass is 10.1. The number of hydrogen-bond acceptors (Lipinski definition) is 3. The first-order valence-corrected chi connectivity index (χ1v) is 5.31. The molecule has 0 radical (unpaired) electrons. The lowest BCUT2D eigenvalue weighted by Crippen LogP contribution is -2.36. The molecule has 0 saturated carbocycles. The molecule has 0 aromatic heterocycles. The first kappa shape index (κ1) is 14.5. The molecule has 1 rings (SSSR count). The molecule has 0 spiro atoms. The van der Waals surface area contributed by atoms with Gasteiger partial charge in [-0.15, -0.1) is 0 Å². The second-order valence-corrected chi connectivity index (χ2v) is 3.73. The monoisotopic (exact) mass is 258 g/mol. The van der Waals surface area contributed by atoms with Crippen LogP contribution in [0.15, 0.2) is 18.2 Å².